The van der Waals surface area contributed by atoms with Crippen LogP contribution in [0, 0.1) is 0 Å². The van der Waals surface area contributed by atoms with E-state index in [1.165, 1.54) is 35.7 Å². The number of hydrogen-bond donors (Lipinski definition) is 6. The largest absolute Gasteiger partial charge is 0.444 e. The number of unbranched alkanes of at least 4 members (excludes halogenated alkanes) is 1. The molecule has 13 nitrogen and oxygen atoms in total. The number of guanidine groups is 2. The maximum absolute atomic E-state index is 13.0. The summed E-state index contributed by atoms with van der Waals surface area (Å²) in [4.78, 5) is 39.0. The van der Waals surface area contributed by atoms with Gasteiger partial charge >= 0.3 is 30.7 Å². The molecule has 0 saturated heterocycles. The van der Waals surface area contributed by atoms with Gasteiger partial charge in [-0.1, -0.05) is 12.1 Å². The van der Waals surface area contributed by atoms with Crippen molar-refractivity contribution in [2.45, 2.75) is 66.7 Å². The summed E-state index contributed by atoms with van der Waals surface area (Å²) in [5.41, 5.74) is 16.8. The summed E-state index contributed by atoms with van der Waals surface area (Å²) in [6.45, 7) is -2.65. The van der Waals surface area contributed by atoms with Crippen LogP contribution in [0.2, 0.25) is 0 Å². The summed E-state index contributed by atoms with van der Waals surface area (Å²) in [5, 5.41) is 8.65. The number of thioether (sulfide) groups is 2. The number of halogens is 8. The van der Waals surface area contributed by atoms with Crippen LogP contribution in [0.1, 0.15) is 25.7 Å². The van der Waals surface area contributed by atoms with Gasteiger partial charge in [-0.15, -0.1) is 23.5 Å². The molecular formula is C30H38F8N10O3S2. The van der Waals surface area contributed by atoms with Gasteiger partial charge in [-0.05, 0) is 61.5 Å². The summed E-state index contributed by atoms with van der Waals surface area (Å²) in [6.07, 6.45) is -4.67. The first-order chi connectivity index (χ1) is 25.0. The number of amides is 1. The molecule has 9 N–H and O–H groups in total. The summed E-state index contributed by atoms with van der Waals surface area (Å²) in [5.74, 6) is -9.48. The van der Waals surface area contributed by atoms with Crippen LogP contribution in [0.4, 0.5) is 46.8 Å². The first kappa shape index (κ1) is 44.8. The van der Waals surface area contributed by atoms with Crippen LogP contribution in [-0.2, 0) is 14.3 Å². The second kappa shape index (κ2) is 22.6. The first-order valence-electron chi connectivity index (χ1n) is 15.5. The molecule has 1 amide bonds. The predicted octanol–water partition coefficient (Wildman–Crippen LogP) is 4.68. The van der Waals surface area contributed by atoms with Crippen LogP contribution < -0.4 is 33.2 Å². The molecule has 2 aromatic rings. The van der Waals surface area contributed by atoms with Crippen LogP contribution in [0.25, 0.3) is 0 Å². The molecule has 0 saturated carbocycles. The number of carbonyl (C=O) groups excluding carboxylic acids is 2. The molecular weight excluding hydrogens is 765 g/mol. The number of ether oxygens (including phenoxy) is 1. The summed E-state index contributed by atoms with van der Waals surface area (Å²) < 4.78 is 106. The second-order valence-corrected chi connectivity index (χ2v) is 12.9. The molecule has 0 aliphatic carbocycles. The molecule has 0 bridgehead atoms. The monoisotopic (exact) mass is 802 g/mol. The fourth-order valence-corrected chi connectivity index (χ4v) is 5.27. The number of anilines is 2. The zero-order valence-corrected chi connectivity index (χ0v) is 29.4. The van der Waals surface area contributed by atoms with Crippen molar-refractivity contribution in [1.82, 2.24) is 15.3 Å². The maximum Gasteiger partial charge on any atom is 0.332 e. The lowest BCUT2D eigenvalue weighted by Gasteiger charge is -2.13. The second-order valence-electron chi connectivity index (χ2n) is 10.6. The number of rotatable bonds is 22. The van der Waals surface area contributed by atoms with Gasteiger partial charge < -0.3 is 32.2 Å². The van der Waals surface area contributed by atoms with Crippen LogP contribution in [-0.4, -0.2) is 95.8 Å². The molecule has 0 fully saturated rings. The quantitative estimate of drug-likeness (QED) is 0.0140. The van der Waals surface area contributed by atoms with Crippen LogP contribution in [0.15, 0.2) is 68.6 Å². The number of esters is 1. The normalized spacial score (nSPS) is 13.4. The Labute approximate surface area is 307 Å². The average molecular weight is 803 g/mol. The minimum absolute atomic E-state index is 0.160. The van der Waals surface area contributed by atoms with E-state index in [0.717, 1.165) is 12.2 Å². The number of nitrogens with one attached hydrogen (secondary N) is 3. The number of aromatic nitrogens is 2. The van der Waals surface area contributed by atoms with E-state index in [4.69, 9.17) is 21.9 Å². The van der Waals surface area contributed by atoms with Crippen molar-refractivity contribution < 1.29 is 49.4 Å². The molecule has 0 aromatic carbocycles. The lowest BCUT2D eigenvalue weighted by Crippen LogP contribution is -2.33. The molecule has 23 heteroatoms. The third kappa shape index (κ3) is 18.8. The molecule has 0 aliphatic rings. The Hall–Kier alpha value is -4.38. The number of nitrogens with zero attached hydrogens (tertiary/aromatic N) is 4. The number of alkyl halides is 8. The molecule has 0 spiro atoms. The molecule has 0 aliphatic heterocycles. The van der Waals surface area contributed by atoms with E-state index >= 15 is 0 Å². The van der Waals surface area contributed by atoms with Gasteiger partial charge in [0.25, 0.3) is 0 Å². The Balaban J connectivity index is 1.60. The molecule has 294 valence electrons. The lowest BCUT2D eigenvalue weighted by atomic mass is 10.3. The maximum atomic E-state index is 13.0. The average Bonchev–Trinajstić information content (AvgIpc) is 3.09. The topological polar surface area (TPSA) is 208 Å². The molecule has 2 rings (SSSR count). The first-order valence-corrected chi connectivity index (χ1v) is 17.5. The van der Waals surface area contributed by atoms with Gasteiger partial charge in [0, 0.05) is 18.7 Å². The zero-order valence-electron chi connectivity index (χ0n) is 27.8. The Morgan fingerprint density at radius 1 is 0.792 bits per heavy atom. The van der Waals surface area contributed by atoms with E-state index in [-0.39, 0.29) is 18.1 Å². The molecule has 2 aromatic heterocycles. The predicted molar refractivity (Wildman–Crippen MR) is 187 cm³/mol. The number of hydrogen-bond acceptors (Lipinski definition) is 10. The summed E-state index contributed by atoms with van der Waals surface area (Å²) in [7, 11) is 0. The Morgan fingerprint density at radius 3 is 1.77 bits per heavy atom. The third-order valence-electron chi connectivity index (χ3n) is 6.16. The van der Waals surface area contributed by atoms with E-state index in [0.29, 0.717) is 47.4 Å². The number of nitrogens with two attached hydrogens (primary N) is 3. The molecule has 2 heterocycles. The fourth-order valence-electron chi connectivity index (χ4n) is 3.52. The number of aliphatic imine (C=N–C) groups is 2. The van der Waals surface area contributed by atoms with Crippen molar-refractivity contribution in [2.75, 3.05) is 41.8 Å². The Bertz CT molecular complexity index is 1560. The standard InChI is InChI=1S/C30H38F8N10O3S2/c31-25(32)29(35,36)16-43-27(40)47-19-7-3-9-22(45-19)52-14-2-1-13-42-21(49)11-12-24(50)51-18(39)6-5-15-53-23-10-4-8-20(46-23)48-28(41)44-17-30(37,38)26(33)34/h3-4,7-12,18,25-26H,1-2,5-6,13-17,39H2,(H,42,49)(H3,40,43,45,47)(H3,41,44,46,48)/b12-11-. The SMILES string of the molecule is NC(=NCC(F)(F)C(F)F)Nc1cccc(SCCCCNC(=O)/C=C\C(=O)OC(N)CCCSc2cccc(NC(N)=NCC(F)(F)C(F)F)n2)n1. The lowest BCUT2D eigenvalue weighted by molar-refractivity contribution is -0.143. The van der Waals surface area contributed by atoms with Gasteiger partial charge in [-0.2, -0.15) is 17.6 Å². The van der Waals surface area contributed by atoms with Crippen molar-refractivity contribution in [1.29, 1.82) is 0 Å². The zero-order chi connectivity index (χ0) is 39.4. The van der Waals surface area contributed by atoms with E-state index in [2.05, 4.69) is 35.9 Å². The Morgan fingerprint density at radius 2 is 1.28 bits per heavy atom. The van der Waals surface area contributed by atoms with Crippen molar-refractivity contribution in [3.8, 4) is 0 Å². The minimum Gasteiger partial charge on any atom is -0.444 e. The van der Waals surface area contributed by atoms with Crippen LogP contribution in [0.5, 0.6) is 0 Å². The van der Waals surface area contributed by atoms with Crippen molar-refractivity contribution in [3.63, 3.8) is 0 Å². The number of carbonyl (C=O) groups is 2. The van der Waals surface area contributed by atoms with E-state index in [1.54, 1.807) is 24.3 Å². The fraction of sp³-hybridized carbons (Fsp3) is 0.467. The summed E-state index contributed by atoms with van der Waals surface area (Å²) >= 11 is 2.68. The van der Waals surface area contributed by atoms with Gasteiger partial charge in [0.1, 0.15) is 24.7 Å². The highest BCUT2D eigenvalue weighted by molar-refractivity contribution is 7.99. The van der Waals surface area contributed by atoms with Crippen molar-refractivity contribution in [2.24, 2.45) is 27.2 Å². The van der Waals surface area contributed by atoms with Gasteiger partial charge in [-0.3, -0.25) is 10.5 Å². The van der Waals surface area contributed by atoms with Gasteiger partial charge in [-0.25, -0.2) is 42.3 Å². The van der Waals surface area contributed by atoms with Crippen LogP contribution >= 0.6 is 23.5 Å². The van der Waals surface area contributed by atoms with E-state index in [9.17, 15) is 44.7 Å². The third-order valence-corrected chi connectivity index (χ3v) is 8.19. The minimum atomic E-state index is -4.31. The molecule has 0 radical (unpaired) electrons. The van der Waals surface area contributed by atoms with E-state index in [1.807, 2.05) is 0 Å². The molecule has 53 heavy (non-hydrogen) atoms. The highest BCUT2D eigenvalue weighted by Gasteiger charge is 2.41. The Kier molecular flexibility index (Phi) is 19.1. The highest BCUT2D eigenvalue weighted by atomic mass is 32.2. The van der Waals surface area contributed by atoms with Gasteiger partial charge in [0.2, 0.25) is 5.91 Å². The van der Waals surface area contributed by atoms with Crippen molar-refractivity contribution in [3.05, 3.63) is 48.6 Å². The molecule has 1 unspecified atom stereocenters. The van der Waals surface area contributed by atoms with Crippen LogP contribution in [0.3, 0.4) is 0 Å². The van der Waals surface area contributed by atoms with Gasteiger partial charge in [0.05, 0.1) is 10.1 Å². The highest BCUT2D eigenvalue weighted by Crippen LogP contribution is 2.24. The van der Waals surface area contributed by atoms with Gasteiger partial charge in [0.15, 0.2) is 18.1 Å². The van der Waals surface area contributed by atoms with E-state index < -0.39 is 67.8 Å². The summed E-state index contributed by atoms with van der Waals surface area (Å²) in [6, 6.07) is 9.56. The number of pyridine rings is 2. The molecule has 1 atom stereocenters. The smallest absolute Gasteiger partial charge is 0.332 e. The van der Waals surface area contributed by atoms with Crippen molar-refractivity contribution >= 4 is 59.0 Å².